The number of nitriles is 3. The average molecular weight is 1160 g/mol. The van der Waals surface area contributed by atoms with Crippen molar-refractivity contribution in [3.63, 3.8) is 0 Å². The molecule has 0 spiro atoms. The van der Waals surface area contributed by atoms with E-state index in [4.69, 9.17) is 26.5 Å². The quantitative estimate of drug-likeness (QED) is 0.0690. The molecule has 2 aliphatic heterocycles. The molecule has 0 atom stereocenters. The minimum absolute atomic E-state index is 0.256. The second-order valence-corrected chi connectivity index (χ2v) is 22.5. The molecule has 2 aromatic heterocycles. The van der Waals surface area contributed by atoms with Gasteiger partial charge in [-0.3, -0.25) is 0 Å². The first-order valence-corrected chi connectivity index (χ1v) is 29.3. The Hall–Kier alpha value is -12.7. The van der Waals surface area contributed by atoms with Crippen LogP contribution in [-0.4, -0.2) is 21.6 Å². The molecule has 0 aliphatic carbocycles. The summed E-state index contributed by atoms with van der Waals surface area (Å²) < 4.78 is 0. The molecule has 12 nitrogen and oxygen atoms in total. The minimum atomic E-state index is 0.256. The highest BCUT2D eigenvalue weighted by molar-refractivity contribution is 6.28. The number of allylic oxidation sites excluding steroid dienone is 1. The van der Waals surface area contributed by atoms with E-state index in [2.05, 4.69) is 156 Å². The van der Waals surface area contributed by atoms with Crippen molar-refractivity contribution in [3.05, 3.63) is 298 Å². The Morgan fingerprint density at radius 3 is 1.28 bits per heavy atom. The van der Waals surface area contributed by atoms with Gasteiger partial charge in [-0.25, -0.2) is 24.8 Å². The summed E-state index contributed by atoms with van der Waals surface area (Å²) in [6.07, 6.45) is 3.67. The first kappa shape index (κ1) is 55.2. The van der Waals surface area contributed by atoms with Crippen LogP contribution in [-0.2, 0) is 0 Å². The van der Waals surface area contributed by atoms with E-state index in [1.54, 1.807) is 0 Å². The summed E-state index contributed by atoms with van der Waals surface area (Å²) in [6, 6.07) is 79.6. The predicted molar refractivity (Wildman–Crippen MR) is 364 cm³/mol. The summed E-state index contributed by atoms with van der Waals surface area (Å²) in [4.78, 5) is 27.6. The molecule has 12 aromatic rings. The first-order chi connectivity index (χ1) is 44.0. The van der Waals surface area contributed by atoms with Crippen molar-refractivity contribution in [3.8, 4) is 40.5 Å². The normalized spacial score (nSPS) is 13.0. The van der Waals surface area contributed by atoms with Crippen LogP contribution in [0.25, 0.3) is 59.9 Å². The van der Waals surface area contributed by atoms with Gasteiger partial charge in [-0.15, -0.1) is 0 Å². The highest BCUT2D eigenvalue weighted by Crippen LogP contribution is 2.42. The van der Waals surface area contributed by atoms with Gasteiger partial charge in [0.25, 0.3) is 0 Å². The number of aliphatic imine (C=N–C) groups is 2. The Labute approximate surface area is 521 Å². The van der Waals surface area contributed by atoms with E-state index in [0.717, 1.165) is 123 Å². The SMILES string of the molecule is [C-]#[N+]/C(=C(/C#N)c1ccc(N(c2ccc(-c3ccc(N=C4Nc5ccc(C#N)c6cccc4c56)nc3)cc2)c2cc(C)cc(C)c2)cc1)c1ccc(N(c2ccc(-c3ccc(N=C4Nc5cccc6c(C#N)ccc4c56)nc3)cc2)c2cc(C)cc(C)c2)cc1. The second kappa shape index (κ2) is 22.9. The van der Waals surface area contributed by atoms with Crippen molar-refractivity contribution in [1.82, 2.24) is 9.97 Å². The van der Waals surface area contributed by atoms with Gasteiger partial charge >= 0.3 is 0 Å². The molecule has 0 fully saturated rings. The van der Waals surface area contributed by atoms with E-state index >= 15 is 0 Å². The third-order valence-electron chi connectivity index (χ3n) is 16.4. The van der Waals surface area contributed by atoms with Gasteiger partial charge < -0.3 is 20.4 Å². The van der Waals surface area contributed by atoms with Gasteiger partial charge in [0.15, 0.2) is 11.6 Å². The fourth-order valence-electron chi connectivity index (χ4n) is 12.4. The zero-order chi connectivity index (χ0) is 61.6. The topological polar surface area (TPSA) is 157 Å². The third kappa shape index (κ3) is 10.2. The van der Waals surface area contributed by atoms with Gasteiger partial charge in [-0.1, -0.05) is 91.0 Å². The first-order valence-electron chi connectivity index (χ1n) is 29.3. The van der Waals surface area contributed by atoms with Crippen molar-refractivity contribution in [2.75, 3.05) is 20.4 Å². The molecule has 0 saturated heterocycles. The van der Waals surface area contributed by atoms with Gasteiger partial charge in [0.1, 0.15) is 11.7 Å². The third-order valence-corrected chi connectivity index (χ3v) is 16.4. The monoisotopic (exact) mass is 1160 g/mol. The molecule has 0 amide bonds. The summed E-state index contributed by atoms with van der Waals surface area (Å²) in [5.41, 5.74) is 20.7. The molecule has 0 saturated carbocycles. The van der Waals surface area contributed by atoms with Crippen LogP contribution in [0.4, 0.5) is 57.1 Å². The predicted octanol–water partition coefficient (Wildman–Crippen LogP) is 19.4. The van der Waals surface area contributed by atoms with Crippen molar-refractivity contribution < 1.29 is 0 Å². The number of aromatic nitrogens is 2. The molecule has 12 heteroatoms. The summed E-state index contributed by atoms with van der Waals surface area (Å²) in [5, 5.41) is 40.8. The average Bonchev–Trinajstić information content (AvgIpc) is 2.44. The molecule has 90 heavy (non-hydrogen) atoms. The van der Waals surface area contributed by atoms with Crippen molar-refractivity contribution in [2.45, 2.75) is 27.7 Å². The molecular formula is C78H52N12. The summed E-state index contributed by atoms with van der Waals surface area (Å²) >= 11 is 0. The van der Waals surface area contributed by atoms with Crippen LogP contribution in [0.5, 0.6) is 0 Å². The molecule has 0 bridgehead atoms. The number of aryl methyl sites for hydroxylation is 4. The highest BCUT2D eigenvalue weighted by Gasteiger charge is 2.25. The lowest BCUT2D eigenvalue weighted by Gasteiger charge is -2.27. The van der Waals surface area contributed by atoms with Gasteiger partial charge in [-0.2, -0.15) is 15.8 Å². The number of nitrogens with zero attached hydrogens (tertiary/aromatic N) is 10. The zero-order valence-electron chi connectivity index (χ0n) is 49.4. The number of rotatable bonds is 12. The molecule has 4 heterocycles. The number of anilines is 8. The van der Waals surface area contributed by atoms with Crippen LogP contribution in [0.3, 0.4) is 0 Å². The number of pyridine rings is 2. The molecule has 0 unspecified atom stereocenters. The molecule has 424 valence electrons. The largest absolute Gasteiger partial charge is 0.339 e. The van der Waals surface area contributed by atoms with Gasteiger partial charge in [0.2, 0.25) is 5.70 Å². The van der Waals surface area contributed by atoms with Gasteiger partial charge in [-0.05, 0) is 200 Å². The Balaban J connectivity index is 0.713. The Kier molecular flexibility index (Phi) is 14.0. The molecule has 2 N–H and O–H groups in total. The number of benzene rings is 10. The Morgan fingerprint density at radius 1 is 0.433 bits per heavy atom. The van der Waals surface area contributed by atoms with Crippen LogP contribution >= 0.6 is 0 Å². The highest BCUT2D eigenvalue weighted by atomic mass is 15.1. The molecule has 2 aliphatic rings. The summed E-state index contributed by atoms with van der Waals surface area (Å²) in [7, 11) is 0. The lowest BCUT2D eigenvalue weighted by molar-refractivity contribution is 1.25. The van der Waals surface area contributed by atoms with E-state index < -0.39 is 0 Å². The minimum Gasteiger partial charge on any atom is -0.339 e. The van der Waals surface area contributed by atoms with Crippen molar-refractivity contribution in [1.29, 1.82) is 15.8 Å². The van der Waals surface area contributed by atoms with E-state index in [0.29, 0.717) is 45.6 Å². The van der Waals surface area contributed by atoms with E-state index in [-0.39, 0.29) is 11.3 Å². The summed E-state index contributed by atoms with van der Waals surface area (Å²) in [5.74, 6) is 2.51. The number of hydrogen-bond donors (Lipinski definition) is 2. The van der Waals surface area contributed by atoms with E-state index in [1.165, 1.54) is 0 Å². The van der Waals surface area contributed by atoms with Crippen LogP contribution in [0.15, 0.2) is 241 Å². The maximum Gasteiger partial charge on any atom is 0.212 e. The lowest BCUT2D eigenvalue weighted by atomic mass is 9.99. The zero-order valence-corrected chi connectivity index (χ0v) is 49.4. The number of amidine groups is 2. The molecule has 14 rings (SSSR count). The molecule has 10 aromatic carbocycles. The molecule has 0 radical (unpaired) electrons. The van der Waals surface area contributed by atoms with Crippen LogP contribution in [0.2, 0.25) is 0 Å². The van der Waals surface area contributed by atoms with Gasteiger partial charge in [0, 0.05) is 102 Å². The van der Waals surface area contributed by atoms with Crippen LogP contribution < -0.4 is 20.4 Å². The maximum atomic E-state index is 10.8. The van der Waals surface area contributed by atoms with Crippen LogP contribution in [0, 0.1) is 68.3 Å². The fourth-order valence-corrected chi connectivity index (χ4v) is 12.4. The number of hydrogen-bond acceptors (Lipinski definition) is 9. The van der Waals surface area contributed by atoms with Crippen molar-refractivity contribution in [2.24, 2.45) is 9.98 Å². The Bertz CT molecular complexity index is 4850. The fraction of sp³-hybridized carbons (Fsp3) is 0.0513. The second-order valence-electron chi connectivity index (χ2n) is 22.5. The van der Waals surface area contributed by atoms with Crippen molar-refractivity contribution >= 4 is 102 Å². The number of nitrogens with one attached hydrogen (secondary N) is 2. The maximum absolute atomic E-state index is 10.8. The smallest absolute Gasteiger partial charge is 0.212 e. The summed E-state index contributed by atoms with van der Waals surface area (Å²) in [6.45, 7) is 16.8. The lowest BCUT2D eigenvalue weighted by Crippen LogP contribution is -2.10. The standard InChI is InChI=1S/C78H52N12/c1-47-36-48(2)39-63(38-47)89(59-24-12-51(13-25-59)57-22-34-72(83-45-57)87-77-67-10-6-8-65-56(43-80)21-33-71(86-77)74(65)67)61-28-16-53(17-29-61)69(44-81)76(82-5)54-18-30-62(31-19-54)90(64-40-49(3)37-50(4)41-64)60-26-14-52(15-27-60)58-23-35-73(84-46-58)88-78-68-32-20-55(42-79)66-9-7-11-70(85-78)75(66)68/h6-41,45-46H,1-4H3,(H,83,86,87)(H,84,85,88)/b76-69-. The molecular weight excluding hydrogens is 1100 g/mol. The van der Waals surface area contributed by atoms with Gasteiger partial charge in [0.05, 0.1) is 41.5 Å². The van der Waals surface area contributed by atoms with E-state index in [1.807, 2.05) is 146 Å². The Morgan fingerprint density at radius 2 is 0.844 bits per heavy atom. The van der Waals surface area contributed by atoms with Crippen LogP contribution in [0.1, 0.15) is 55.6 Å². The van der Waals surface area contributed by atoms with E-state index in [9.17, 15) is 15.8 Å².